The molecular formula is C19H25NO6. The number of benzene rings is 1. The first-order chi connectivity index (χ1) is 12.3. The molecule has 1 aromatic rings. The van der Waals surface area contributed by atoms with Crippen LogP contribution < -0.4 is 9.47 Å². The number of nitrogens with zero attached hydrogens (tertiary/aromatic N) is 1. The van der Waals surface area contributed by atoms with Crippen LogP contribution in [0.15, 0.2) is 30.4 Å². The van der Waals surface area contributed by atoms with Crippen LogP contribution in [-0.2, 0) is 14.3 Å². The zero-order valence-corrected chi connectivity index (χ0v) is 15.7. The first-order valence-corrected chi connectivity index (χ1v) is 8.18. The van der Waals surface area contributed by atoms with Crippen molar-refractivity contribution in [3.05, 3.63) is 35.9 Å². The molecule has 26 heavy (non-hydrogen) atoms. The molecule has 1 aromatic carbocycles. The summed E-state index contributed by atoms with van der Waals surface area (Å²) in [6.07, 6.45) is 0. The average molecular weight is 363 g/mol. The monoisotopic (exact) mass is 363 g/mol. The van der Waals surface area contributed by atoms with Gasteiger partial charge in [0.05, 0.1) is 7.11 Å². The van der Waals surface area contributed by atoms with E-state index in [9.17, 15) is 14.4 Å². The lowest BCUT2D eigenvalue weighted by atomic mass is 10.1. The Kier molecular flexibility index (Phi) is 8.34. The second kappa shape index (κ2) is 10.2. The standard InChI is InChI=1S/C19H25NO6/c1-6-20(10-13(2)3)18(22)11-26-19(23)12-25-16-8-7-15(14(4)21)9-17(16)24-5/h7-9H,2,6,10-12H2,1,3-5H3. The Hall–Kier alpha value is -2.83. The number of hydrogen-bond acceptors (Lipinski definition) is 6. The van der Waals surface area contributed by atoms with E-state index in [0.717, 1.165) is 5.57 Å². The molecule has 0 spiro atoms. The van der Waals surface area contributed by atoms with Crippen LogP contribution in [0.25, 0.3) is 0 Å². The molecule has 1 rings (SSSR count). The van der Waals surface area contributed by atoms with Crippen LogP contribution >= 0.6 is 0 Å². The molecule has 0 fully saturated rings. The van der Waals surface area contributed by atoms with E-state index in [1.54, 1.807) is 17.0 Å². The van der Waals surface area contributed by atoms with Crippen molar-refractivity contribution in [1.82, 2.24) is 4.90 Å². The molecule has 0 radical (unpaired) electrons. The van der Waals surface area contributed by atoms with Gasteiger partial charge in [-0.25, -0.2) is 4.79 Å². The first-order valence-electron chi connectivity index (χ1n) is 8.18. The molecule has 0 heterocycles. The molecule has 0 N–H and O–H groups in total. The molecule has 0 atom stereocenters. The van der Waals surface area contributed by atoms with Gasteiger partial charge >= 0.3 is 5.97 Å². The fourth-order valence-corrected chi connectivity index (χ4v) is 2.12. The van der Waals surface area contributed by atoms with Crippen molar-refractivity contribution in [3.63, 3.8) is 0 Å². The summed E-state index contributed by atoms with van der Waals surface area (Å²) in [6.45, 7) is 9.04. The third kappa shape index (κ3) is 6.58. The number of carbonyl (C=O) groups excluding carboxylic acids is 3. The van der Waals surface area contributed by atoms with Crippen molar-refractivity contribution in [2.24, 2.45) is 0 Å². The van der Waals surface area contributed by atoms with Gasteiger partial charge in [0.1, 0.15) is 0 Å². The number of likely N-dealkylation sites (N-methyl/N-ethyl adjacent to an activating group) is 1. The van der Waals surface area contributed by atoms with Crippen LogP contribution in [0, 0.1) is 0 Å². The smallest absolute Gasteiger partial charge is 0.344 e. The summed E-state index contributed by atoms with van der Waals surface area (Å²) in [7, 11) is 1.43. The van der Waals surface area contributed by atoms with Crippen LogP contribution in [0.3, 0.4) is 0 Å². The normalized spacial score (nSPS) is 10.0. The maximum absolute atomic E-state index is 12.0. The minimum absolute atomic E-state index is 0.108. The van der Waals surface area contributed by atoms with E-state index in [0.29, 0.717) is 30.2 Å². The van der Waals surface area contributed by atoms with Crippen molar-refractivity contribution in [3.8, 4) is 11.5 Å². The third-order valence-electron chi connectivity index (χ3n) is 3.47. The number of hydrogen-bond donors (Lipinski definition) is 0. The SMILES string of the molecule is C=C(C)CN(CC)C(=O)COC(=O)COc1ccc(C(C)=O)cc1OC. The summed E-state index contributed by atoms with van der Waals surface area (Å²) in [5, 5.41) is 0. The highest BCUT2D eigenvalue weighted by atomic mass is 16.6. The van der Waals surface area contributed by atoms with Crippen LogP contribution in [0.2, 0.25) is 0 Å². The molecule has 0 saturated carbocycles. The van der Waals surface area contributed by atoms with Gasteiger partial charge in [0.25, 0.3) is 5.91 Å². The number of esters is 1. The lowest BCUT2D eigenvalue weighted by Crippen LogP contribution is -2.36. The Morgan fingerprint density at radius 1 is 1.12 bits per heavy atom. The van der Waals surface area contributed by atoms with Gasteiger partial charge in [0, 0.05) is 18.7 Å². The molecular weight excluding hydrogens is 338 g/mol. The van der Waals surface area contributed by atoms with Gasteiger partial charge in [-0.15, -0.1) is 0 Å². The number of amides is 1. The average Bonchev–Trinajstić information content (AvgIpc) is 2.61. The minimum atomic E-state index is -0.678. The van der Waals surface area contributed by atoms with E-state index in [2.05, 4.69) is 6.58 Å². The summed E-state index contributed by atoms with van der Waals surface area (Å²) in [5.41, 5.74) is 1.32. The number of Topliss-reactive ketones (excluding diaryl/α,β-unsaturated/α-hetero) is 1. The van der Waals surface area contributed by atoms with E-state index in [-0.39, 0.29) is 24.9 Å². The number of rotatable bonds is 10. The Labute approximate surface area is 153 Å². The highest BCUT2D eigenvalue weighted by Crippen LogP contribution is 2.28. The van der Waals surface area contributed by atoms with E-state index < -0.39 is 5.97 Å². The van der Waals surface area contributed by atoms with Gasteiger partial charge in [0.2, 0.25) is 0 Å². The van der Waals surface area contributed by atoms with E-state index in [1.165, 1.54) is 20.1 Å². The molecule has 0 saturated heterocycles. The molecule has 0 aliphatic rings. The largest absolute Gasteiger partial charge is 0.493 e. The maximum Gasteiger partial charge on any atom is 0.344 e. The van der Waals surface area contributed by atoms with Gasteiger partial charge in [-0.05, 0) is 39.0 Å². The van der Waals surface area contributed by atoms with Crippen molar-refractivity contribution < 1.29 is 28.6 Å². The van der Waals surface area contributed by atoms with E-state index >= 15 is 0 Å². The summed E-state index contributed by atoms with van der Waals surface area (Å²) >= 11 is 0. The lowest BCUT2D eigenvalue weighted by Gasteiger charge is -2.20. The topological polar surface area (TPSA) is 82.1 Å². The minimum Gasteiger partial charge on any atom is -0.493 e. The lowest BCUT2D eigenvalue weighted by molar-refractivity contribution is -0.153. The second-order valence-corrected chi connectivity index (χ2v) is 5.74. The molecule has 0 aromatic heterocycles. The highest BCUT2D eigenvalue weighted by molar-refractivity contribution is 5.94. The molecule has 1 amide bonds. The number of methoxy groups -OCH3 is 1. The van der Waals surface area contributed by atoms with E-state index in [1.807, 2.05) is 13.8 Å². The van der Waals surface area contributed by atoms with Gasteiger partial charge in [-0.2, -0.15) is 0 Å². The van der Waals surface area contributed by atoms with Gasteiger partial charge in [0.15, 0.2) is 30.5 Å². The predicted molar refractivity (Wildman–Crippen MR) is 96.5 cm³/mol. The van der Waals surface area contributed by atoms with Crippen molar-refractivity contribution in [2.75, 3.05) is 33.4 Å². The van der Waals surface area contributed by atoms with Gasteiger partial charge in [-0.3, -0.25) is 9.59 Å². The summed E-state index contributed by atoms with van der Waals surface area (Å²) < 4.78 is 15.5. The molecule has 7 heteroatoms. The molecule has 0 aliphatic heterocycles. The third-order valence-corrected chi connectivity index (χ3v) is 3.47. The molecule has 7 nitrogen and oxygen atoms in total. The van der Waals surface area contributed by atoms with Crippen LogP contribution in [0.5, 0.6) is 11.5 Å². The Morgan fingerprint density at radius 3 is 2.35 bits per heavy atom. The second-order valence-electron chi connectivity index (χ2n) is 5.74. The zero-order chi connectivity index (χ0) is 19.7. The Balaban J connectivity index is 2.55. The predicted octanol–water partition coefficient (Wildman–Crippen LogP) is 2.24. The molecule has 0 unspecified atom stereocenters. The molecule has 0 bridgehead atoms. The number of ketones is 1. The van der Waals surface area contributed by atoms with Gasteiger partial charge in [-0.1, -0.05) is 12.2 Å². The number of carbonyl (C=O) groups is 3. The Bertz CT molecular complexity index is 683. The maximum atomic E-state index is 12.0. The summed E-state index contributed by atoms with van der Waals surface area (Å²) in [5.74, 6) is -0.448. The van der Waals surface area contributed by atoms with Crippen LogP contribution in [0.1, 0.15) is 31.1 Å². The van der Waals surface area contributed by atoms with Crippen molar-refractivity contribution in [2.45, 2.75) is 20.8 Å². The van der Waals surface area contributed by atoms with Crippen molar-refractivity contribution >= 4 is 17.7 Å². The van der Waals surface area contributed by atoms with Crippen LogP contribution in [-0.4, -0.2) is 56.0 Å². The van der Waals surface area contributed by atoms with E-state index in [4.69, 9.17) is 14.2 Å². The summed E-state index contributed by atoms with van der Waals surface area (Å²) in [6, 6.07) is 4.65. The Morgan fingerprint density at radius 2 is 1.81 bits per heavy atom. The van der Waals surface area contributed by atoms with Gasteiger partial charge < -0.3 is 19.1 Å². The quantitative estimate of drug-likeness (QED) is 0.360. The van der Waals surface area contributed by atoms with Crippen LogP contribution in [0.4, 0.5) is 0 Å². The highest BCUT2D eigenvalue weighted by Gasteiger charge is 2.15. The molecule has 142 valence electrons. The first kappa shape index (κ1) is 21.2. The zero-order valence-electron chi connectivity index (χ0n) is 15.7. The fourth-order valence-electron chi connectivity index (χ4n) is 2.12. The summed E-state index contributed by atoms with van der Waals surface area (Å²) in [4.78, 5) is 36.7. The molecule has 0 aliphatic carbocycles. The number of ether oxygens (including phenoxy) is 3. The van der Waals surface area contributed by atoms with Crippen molar-refractivity contribution in [1.29, 1.82) is 0 Å². The fraction of sp³-hybridized carbons (Fsp3) is 0.421.